The Labute approximate surface area is 105 Å². The Bertz CT molecular complexity index is 537. The maximum atomic E-state index is 13.0. The number of thiazole rings is 1. The van der Waals surface area contributed by atoms with Crippen LogP contribution in [-0.2, 0) is 5.41 Å². The minimum absolute atomic E-state index is 0.0582. The molecule has 1 heterocycles. The van der Waals surface area contributed by atoms with Crippen LogP contribution in [0.15, 0.2) is 23.6 Å². The monoisotopic (exact) mass is 249 g/mol. The molecular formula is C14H16FNS. The molecule has 2 rings (SSSR count). The maximum absolute atomic E-state index is 13.0. The third-order valence-electron chi connectivity index (χ3n) is 2.69. The highest BCUT2D eigenvalue weighted by atomic mass is 32.1. The van der Waals surface area contributed by atoms with Crippen LogP contribution in [0.4, 0.5) is 4.39 Å². The Kier molecular flexibility index (Phi) is 3.04. The topological polar surface area (TPSA) is 12.9 Å². The average molecular weight is 249 g/mol. The van der Waals surface area contributed by atoms with E-state index in [-0.39, 0.29) is 11.2 Å². The highest BCUT2D eigenvalue weighted by molar-refractivity contribution is 7.13. The molecule has 0 saturated carbocycles. The molecule has 0 saturated heterocycles. The van der Waals surface area contributed by atoms with E-state index < -0.39 is 0 Å². The molecular weight excluding hydrogens is 233 g/mol. The second kappa shape index (κ2) is 4.22. The Balaban J connectivity index is 2.44. The lowest BCUT2D eigenvalue weighted by Gasteiger charge is -2.14. The molecule has 0 bridgehead atoms. The van der Waals surface area contributed by atoms with Gasteiger partial charge in [0.05, 0.1) is 5.69 Å². The number of benzene rings is 1. The molecule has 0 atom stereocenters. The third-order valence-corrected chi connectivity index (χ3v) is 3.57. The highest BCUT2D eigenvalue weighted by Crippen LogP contribution is 2.31. The summed E-state index contributed by atoms with van der Waals surface area (Å²) in [5.74, 6) is -0.196. The summed E-state index contributed by atoms with van der Waals surface area (Å²) in [6.45, 7) is 8.34. The van der Waals surface area contributed by atoms with E-state index in [1.54, 1.807) is 23.5 Å². The summed E-state index contributed by atoms with van der Waals surface area (Å²) in [5, 5.41) is 3.05. The molecule has 0 aliphatic heterocycles. The van der Waals surface area contributed by atoms with Crippen molar-refractivity contribution in [3.8, 4) is 10.6 Å². The van der Waals surface area contributed by atoms with E-state index in [1.807, 2.05) is 6.92 Å². The quantitative estimate of drug-likeness (QED) is 0.722. The fraction of sp³-hybridized carbons (Fsp3) is 0.357. The van der Waals surface area contributed by atoms with Gasteiger partial charge in [-0.05, 0) is 30.7 Å². The summed E-state index contributed by atoms with van der Waals surface area (Å²) in [5.41, 5.74) is 3.09. The van der Waals surface area contributed by atoms with E-state index in [4.69, 9.17) is 0 Å². The van der Waals surface area contributed by atoms with E-state index in [2.05, 4.69) is 31.1 Å². The summed E-state index contributed by atoms with van der Waals surface area (Å²) in [4.78, 5) is 4.64. The van der Waals surface area contributed by atoms with Gasteiger partial charge < -0.3 is 0 Å². The number of aryl methyl sites for hydroxylation is 1. The largest absolute Gasteiger partial charge is 0.241 e. The Morgan fingerprint density at radius 3 is 2.47 bits per heavy atom. The number of nitrogens with zero attached hydrogens (tertiary/aromatic N) is 1. The van der Waals surface area contributed by atoms with Gasteiger partial charge in [-0.15, -0.1) is 11.3 Å². The van der Waals surface area contributed by atoms with Gasteiger partial charge in [0.15, 0.2) is 0 Å². The first-order valence-electron chi connectivity index (χ1n) is 5.60. The number of halogens is 1. The van der Waals surface area contributed by atoms with Crippen molar-refractivity contribution in [2.75, 3.05) is 0 Å². The fourth-order valence-corrected chi connectivity index (χ4v) is 2.75. The van der Waals surface area contributed by atoms with Crippen molar-refractivity contribution >= 4 is 11.3 Å². The lowest BCUT2D eigenvalue weighted by Crippen LogP contribution is -2.11. The standard InChI is InChI=1S/C14H16FNS/c1-9-7-10(15)5-6-11(9)13-16-12(8-17-13)14(2,3)4/h5-8H,1-4H3. The summed E-state index contributed by atoms with van der Waals surface area (Å²) < 4.78 is 13.0. The second-order valence-electron chi connectivity index (χ2n) is 5.25. The van der Waals surface area contributed by atoms with Crippen LogP contribution in [-0.4, -0.2) is 4.98 Å². The van der Waals surface area contributed by atoms with Crippen LogP contribution in [0.25, 0.3) is 10.6 Å². The molecule has 1 aromatic heterocycles. The lowest BCUT2D eigenvalue weighted by molar-refractivity contribution is 0.573. The van der Waals surface area contributed by atoms with Gasteiger partial charge >= 0.3 is 0 Å². The van der Waals surface area contributed by atoms with Crippen LogP contribution in [0.3, 0.4) is 0 Å². The zero-order chi connectivity index (χ0) is 12.6. The first-order valence-corrected chi connectivity index (χ1v) is 6.48. The van der Waals surface area contributed by atoms with Crippen molar-refractivity contribution in [2.45, 2.75) is 33.1 Å². The van der Waals surface area contributed by atoms with Crippen LogP contribution in [0.2, 0.25) is 0 Å². The number of rotatable bonds is 1. The molecule has 1 aromatic carbocycles. The first kappa shape index (κ1) is 12.2. The van der Waals surface area contributed by atoms with Crippen LogP contribution < -0.4 is 0 Å². The maximum Gasteiger partial charge on any atom is 0.123 e. The minimum atomic E-state index is -0.196. The van der Waals surface area contributed by atoms with Gasteiger partial charge in [0, 0.05) is 16.4 Å². The molecule has 0 spiro atoms. The van der Waals surface area contributed by atoms with Crippen molar-refractivity contribution in [3.05, 3.63) is 40.7 Å². The third kappa shape index (κ3) is 2.55. The summed E-state index contributed by atoms with van der Waals surface area (Å²) in [6.07, 6.45) is 0. The van der Waals surface area contributed by atoms with Crippen LogP contribution >= 0.6 is 11.3 Å². The Hall–Kier alpha value is -1.22. The molecule has 3 heteroatoms. The number of hydrogen-bond acceptors (Lipinski definition) is 2. The summed E-state index contributed by atoms with van der Waals surface area (Å²) >= 11 is 1.62. The fourth-order valence-electron chi connectivity index (χ4n) is 1.61. The SMILES string of the molecule is Cc1cc(F)ccc1-c1nc(C(C)(C)C)cs1. The molecule has 90 valence electrons. The van der Waals surface area contributed by atoms with Crippen LogP contribution in [0.5, 0.6) is 0 Å². The summed E-state index contributed by atoms with van der Waals surface area (Å²) in [7, 11) is 0. The molecule has 1 nitrogen and oxygen atoms in total. The van der Waals surface area contributed by atoms with Gasteiger partial charge in [0.25, 0.3) is 0 Å². The molecule has 0 aliphatic rings. The van der Waals surface area contributed by atoms with Crippen molar-refractivity contribution in [2.24, 2.45) is 0 Å². The van der Waals surface area contributed by atoms with Gasteiger partial charge in [-0.3, -0.25) is 0 Å². The van der Waals surface area contributed by atoms with Crippen LogP contribution in [0, 0.1) is 12.7 Å². The molecule has 17 heavy (non-hydrogen) atoms. The Morgan fingerprint density at radius 2 is 1.94 bits per heavy atom. The van der Waals surface area contributed by atoms with Crippen molar-refractivity contribution in [1.82, 2.24) is 4.98 Å². The van der Waals surface area contributed by atoms with Gasteiger partial charge in [-0.2, -0.15) is 0 Å². The van der Waals surface area contributed by atoms with E-state index in [1.165, 1.54) is 6.07 Å². The molecule has 0 aliphatic carbocycles. The Morgan fingerprint density at radius 1 is 1.24 bits per heavy atom. The predicted molar refractivity (Wildman–Crippen MR) is 70.9 cm³/mol. The van der Waals surface area contributed by atoms with Gasteiger partial charge in [0.2, 0.25) is 0 Å². The number of hydrogen-bond donors (Lipinski definition) is 0. The highest BCUT2D eigenvalue weighted by Gasteiger charge is 2.18. The van der Waals surface area contributed by atoms with Gasteiger partial charge in [-0.1, -0.05) is 20.8 Å². The van der Waals surface area contributed by atoms with Gasteiger partial charge in [-0.25, -0.2) is 9.37 Å². The lowest BCUT2D eigenvalue weighted by atomic mass is 9.93. The van der Waals surface area contributed by atoms with E-state index >= 15 is 0 Å². The normalized spacial score (nSPS) is 11.8. The zero-order valence-corrected chi connectivity index (χ0v) is 11.4. The van der Waals surface area contributed by atoms with Crippen LogP contribution in [0.1, 0.15) is 32.0 Å². The average Bonchev–Trinajstić information content (AvgIpc) is 2.65. The molecule has 0 amide bonds. The van der Waals surface area contributed by atoms with E-state index in [0.29, 0.717) is 0 Å². The van der Waals surface area contributed by atoms with E-state index in [0.717, 1.165) is 21.8 Å². The minimum Gasteiger partial charge on any atom is -0.241 e. The second-order valence-corrected chi connectivity index (χ2v) is 6.11. The summed E-state index contributed by atoms with van der Waals surface area (Å²) in [6, 6.07) is 4.84. The van der Waals surface area contributed by atoms with Crippen molar-refractivity contribution in [1.29, 1.82) is 0 Å². The first-order chi connectivity index (χ1) is 7.88. The molecule has 2 aromatic rings. The zero-order valence-electron chi connectivity index (χ0n) is 10.5. The molecule has 0 N–H and O–H groups in total. The van der Waals surface area contributed by atoms with Gasteiger partial charge in [0.1, 0.15) is 10.8 Å². The van der Waals surface area contributed by atoms with Crippen molar-refractivity contribution in [3.63, 3.8) is 0 Å². The molecule has 0 unspecified atom stereocenters. The number of aromatic nitrogens is 1. The van der Waals surface area contributed by atoms with E-state index in [9.17, 15) is 4.39 Å². The predicted octanol–water partition coefficient (Wildman–Crippen LogP) is 4.56. The smallest absolute Gasteiger partial charge is 0.123 e. The molecule has 0 radical (unpaired) electrons. The molecule has 0 fully saturated rings. The van der Waals surface area contributed by atoms with Crippen molar-refractivity contribution < 1.29 is 4.39 Å².